The van der Waals surface area contributed by atoms with Crippen molar-refractivity contribution in [2.45, 2.75) is 75.9 Å². The number of halogens is 1. The van der Waals surface area contributed by atoms with Crippen molar-refractivity contribution in [3.63, 3.8) is 0 Å². The van der Waals surface area contributed by atoms with Crippen LogP contribution in [0.15, 0.2) is 16.5 Å². The molecule has 6 nitrogen and oxygen atoms in total. The Morgan fingerprint density at radius 1 is 1.03 bits per heavy atom. The Kier molecular flexibility index (Phi) is 5.35. The molecule has 172 valence electrons. The molecule has 1 aromatic heterocycles. The summed E-state index contributed by atoms with van der Waals surface area (Å²) in [4.78, 5) is 17.7. The molecule has 1 saturated heterocycles. The van der Waals surface area contributed by atoms with Gasteiger partial charge in [0.2, 0.25) is 0 Å². The molecule has 7 heteroatoms. The van der Waals surface area contributed by atoms with Crippen molar-refractivity contribution in [1.82, 2.24) is 15.1 Å². The summed E-state index contributed by atoms with van der Waals surface area (Å²) in [5.74, 6) is 0.988. The van der Waals surface area contributed by atoms with E-state index in [2.05, 4.69) is 26.5 Å². The number of piperazine rings is 1. The summed E-state index contributed by atoms with van der Waals surface area (Å²) in [6, 6.07) is 4.75. The predicted molar refractivity (Wildman–Crippen MR) is 127 cm³/mol. The fourth-order valence-corrected chi connectivity index (χ4v) is 6.85. The SMILES string of the molecule is O=C1Nc2c(Cl)cc3cc(CN4CCN(C5CCCC5)CC4)oc3c2C2(CCCCC2)N1. The number of hydrogen-bond acceptors (Lipinski definition) is 4. The quantitative estimate of drug-likeness (QED) is 0.645. The number of nitrogens with zero attached hydrogens (tertiary/aromatic N) is 2. The molecule has 2 amide bonds. The number of fused-ring (bicyclic) bond motifs is 4. The molecule has 2 N–H and O–H groups in total. The second kappa shape index (κ2) is 8.23. The van der Waals surface area contributed by atoms with Gasteiger partial charge in [-0.25, -0.2) is 4.79 Å². The van der Waals surface area contributed by atoms with Gasteiger partial charge < -0.3 is 15.1 Å². The lowest BCUT2D eigenvalue weighted by Crippen LogP contribution is -2.52. The van der Waals surface area contributed by atoms with E-state index in [-0.39, 0.29) is 11.6 Å². The van der Waals surface area contributed by atoms with Crippen molar-refractivity contribution in [1.29, 1.82) is 0 Å². The lowest BCUT2D eigenvalue weighted by Gasteiger charge is -2.42. The van der Waals surface area contributed by atoms with Crippen LogP contribution in [0.4, 0.5) is 10.5 Å². The molecule has 1 spiro atoms. The first kappa shape index (κ1) is 20.8. The van der Waals surface area contributed by atoms with Gasteiger partial charge >= 0.3 is 6.03 Å². The van der Waals surface area contributed by atoms with Crippen LogP contribution in [0.3, 0.4) is 0 Å². The third kappa shape index (κ3) is 3.61. The van der Waals surface area contributed by atoms with Gasteiger partial charge in [0.1, 0.15) is 11.3 Å². The van der Waals surface area contributed by atoms with E-state index in [4.69, 9.17) is 16.0 Å². The van der Waals surface area contributed by atoms with Crippen molar-refractivity contribution >= 4 is 34.3 Å². The Balaban J connectivity index is 1.27. The normalized spacial score (nSPS) is 24.6. The smallest absolute Gasteiger partial charge is 0.319 e. The van der Waals surface area contributed by atoms with Crippen molar-refractivity contribution in [3.05, 3.63) is 28.5 Å². The number of carbonyl (C=O) groups excluding carboxylic acids is 1. The maximum absolute atomic E-state index is 12.5. The van der Waals surface area contributed by atoms with Crippen LogP contribution >= 0.6 is 11.6 Å². The second-order valence-electron chi connectivity index (χ2n) is 10.2. The van der Waals surface area contributed by atoms with E-state index < -0.39 is 0 Å². The molecule has 3 heterocycles. The van der Waals surface area contributed by atoms with Gasteiger partial charge in [0.15, 0.2) is 0 Å². The van der Waals surface area contributed by atoms with Crippen LogP contribution < -0.4 is 10.6 Å². The average Bonchev–Trinajstić information content (AvgIpc) is 3.45. The van der Waals surface area contributed by atoms with Crippen LogP contribution in [0, 0.1) is 0 Å². The third-order valence-electron chi connectivity index (χ3n) is 8.21. The summed E-state index contributed by atoms with van der Waals surface area (Å²) in [5.41, 5.74) is 2.30. The standard InChI is InChI=1S/C25H33ClN4O2/c26-20-15-17-14-19(16-29-10-12-30(13-11-29)18-6-2-3-7-18)32-23(17)21-22(20)27-24(31)28-25(21)8-4-1-5-9-25/h14-15,18H,1-13,16H2,(H2,27,28,31). The highest BCUT2D eigenvalue weighted by Gasteiger charge is 2.43. The maximum Gasteiger partial charge on any atom is 0.319 e. The van der Waals surface area contributed by atoms with E-state index in [1.54, 1.807) is 0 Å². The molecule has 1 aromatic carbocycles. The second-order valence-corrected chi connectivity index (χ2v) is 10.6. The van der Waals surface area contributed by atoms with Crippen LogP contribution in [-0.4, -0.2) is 48.1 Å². The zero-order valence-electron chi connectivity index (χ0n) is 18.7. The van der Waals surface area contributed by atoms with E-state index in [0.717, 1.165) is 92.4 Å². The van der Waals surface area contributed by atoms with Gasteiger partial charge in [-0.15, -0.1) is 0 Å². The highest BCUT2D eigenvalue weighted by Crippen LogP contribution is 2.49. The van der Waals surface area contributed by atoms with E-state index >= 15 is 0 Å². The molecular formula is C25H33ClN4O2. The highest BCUT2D eigenvalue weighted by atomic mass is 35.5. The largest absolute Gasteiger partial charge is 0.459 e. The lowest BCUT2D eigenvalue weighted by molar-refractivity contribution is 0.0898. The molecule has 2 aliphatic carbocycles. The molecule has 3 fully saturated rings. The van der Waals surface area contributed by atoms with Gasteiger partial charge in [0.25, 0.3) is 0 Å². The number of benzene rings is 1. The predicted octanol–water partition coefficient (Wildman–Crippen LogP) is 5.44. The van der Waals surface area contributed by atoms with Gasteiger partial charge in [-0.05, 0) is 37.8 Å². The minimum absolute atomic E-state index is 0.160. The Labute approximate surface area is 194 Å². The topological polar surface area (TPSA) is 60.8 Å². The van der Waals surface area contributed by atoms with Crippen LogP contribution in [0.5, 0.6) is 0 Å². The zero-order chi connectivity index (χ0) is 21.7. The first-order chi connectivity index (χ1) is 15.6. The van der Waals surface area contributed by atoms with E-state index in [1.165, 1.54) is 32.1 Å². The van der Waals surface area contributed by atoms with Crippen molar-refractivity contribution < 1.29 is 9.21 Å². The summed E-state index contributed by atoms with van der Waals surface area (Å²) in [5, 5.41) is 7.84. The Hall–Kier alpha value is -1.76. The summed E-state index contributed by atoms with van der Waals surface area (Å²) in [7, 11) is 0. The molecule has 0 bridgehead atoms. The van der Waals surface area contributed by atoms with Gasteiger partial charge in [-0.2, -0.15) is 0 Å². The molecule has 0 atom stereocenters. The summed E-state index contributed by atoms with van der Waals surface area (Å²) < 4.78 is 6.51. The van der Waals surface area contributed by atoms with Gasteiger partial charge in [0, 0.05) is 43.2 Å². The van der Waals surface area contributed by atoms with Crippen LogP contribution in [-0.2, 0) is 12.1 Å². The first-order valence-corrected chi connectivity index (χ1v) is 12.8. The molecule has 2 saturated carbocycles. The fourth-order valence-electron chi connectivity index (χ4n) is 6.59. The Morgan fingerprint density at radius 2 is 1.78 bits per heavy atom. The monoisotopic (exact) mass is 456 g/mol. The van der Waals surface area contributed by atoms with Crippen LogP contribution in [0.1, 0.15) is 69.1 Å². The maximum atomic E-state index is 12.5. The van der Waals surface area contributed by atoms with Crippen LogP contribution in [0.25, 0.3) is 11.0 Å². The number of furan rings is 1. The average molecular weight is 457 g/mol. The van der Waals surface area contributed by atoms with Crippen molar-refractivity contribution in [2.24, 2.45) is 0 Å². The fraction of sp³-hybridized carbons (Fsp3) is 0.640. The van der Waals surface area contributed by atoms with Crippen molar-refractivity contribution in [2.75, 3.05) is 31.5 Å². The zero-order valence-corrected chi connectivity index (χ0v) is 19.5. The first-order valence-electron chi connectivity index (χ1n) is 12.4. The van der Waals surface area contributed by atoms with E-state index in [9.17, 15) is 4.79 Å². The number of carbonyl (C=O) groups is 1. The Morgan fingerprint density at radius 3 is 2.53 bits per heavy atom. The summed E-state index contributed by atoms with van der Waals surface area (Å²) >= 11 is 6.67. The number of amides is 2. The highest BCUT2D eigenvalue weighted by molar-refractivity contribution is 6.35. The summed E-state index contributed by atoms with van der Waals surface area (Å²) in [6.07, 6.45) is 10.8. The third-order valence-corrected chi connectivity index (χ3v) is 8.51. The molecule has 4 aliphatic rings. The van der Waals surface area contributed by atoms with Crippen molar-refractivity contribution in [3.8, 4) is 0 Å². The number of nitrogens with one attached hydrogen (secondary N) is 2. The van der Waals surface area contributed by atoms with Gasteiger partial charge in [-0.1, -0.05) is 43.7 Å². The molecule has 2 aliphatic heterocycles. The molecular weight excluding hydrogens is 424 g/mol. The number of urea groups is 1. The molecule has 0 unspecified atom stereocenters. The van der Waals surface area contributed by atoms with Gasteiger partial charge in [0.05, 0.1) is 22.8 Å². The molecule has 32 heavy (non-hydrogen) atoms. The molecule has 6 rings (SSSR count). The molecule has 0 radical (unpaired) electrons. The number of hydrogen-bond donors (Lipinski definition) is 2. The molecule has 2 aromatic rings. The number of rotatable bonds is 3. The van der Waals surface area contributed by atoms with E-state index in [0.29, 0.717) is 5.02 Å². The van der Waals surface area contributed by atoms with Gasteiger partial charge in [-0.3, -0.25) is 9.80 Å². The number of anilines is 1. The Bertz CT molecular complexity index is 1010. The van der Waals surface area contributed by atoms with Crippen LogP contribution in [0.2, 0.25) is 5.02 Å². The van der Waals surface area contributed by atoms with E-state index in [1.807, 2.05) is 6.07 Å². The minimum Gasteiger partial charge on any atom is -0.459 e. The summed E-state index contributed by atoms with van der Waals surface area (Å²) in [6.45, 7) is 5.32. The minimum atomic E-state index is -0.374. The lowest BCUT2D eigenvalue weighted by atomic mass is 9.74.